The fourth-order valence-electron chi connectivity index (χ4n) is 2.56. The van der Waals surface area contributed by atoms with Crippen LogP contribution in [0.5, 0.6) is 23.5 Å². The molecular weight excluding hydrogens is 326 g/mol. The van der Waals surface area contributed by atoms with Gasteiger partial charge in [0.05, 0.1) is 44.8 Å². The second kappa shape index (κ2) is 7.80. The van der Waals surface area contributed by atoms with E-state index in [0.717, 1.165) is 12.0 Å². The number of hydrogen-bond acceptors (Lipinski definition) is 8. The molecule has 1 aromatic heterocycles. The fourth-order valence-corrected chi connectivity index (χ4v) is 2.56. The van der Waals surface area contributed by atoms with Gasteiger partial charge in [0.2, 0.25) is 11.8 Å². The number of ether oxygens (including phenoxy) is 4. The van der Waals surface area contributed by atoms with Gasteiger partial charge in [0.15, 0.2) is 6.29 Å². The molecule has 0 aliphatic carbocycles. The molecule has 132 valence electrons. The molecule has 0 N–H and O–H groups in total. The Bertz CT molecular complexity index is 725. The van der Waals surface area contributed by atoms with E-state index in [-0.39, 0.29) is 6.01 Å². The molecule has 0 saturated carbocycles. The Kier molecular flexibility index (Phi) is 5.30. The van der Waals surface area contributed by atoms with Gasteiger partial charge in [-0.2, -0.15) is 9.97 Å². The SMILES string of the molecule is COc1cc(OC)nc(Oc2cccc(N3CCOCC3)c2C=O)n1. The van der Waals surface area contributed by atoms with Crippen LogP contribution in [0.4, 0.5) is 5.69 Å². The van der Waals surface area contributed by atoms with Crippen molar-refractivity contribution >= 4 is 12.0 Å². The van der Waals surface area contributed by atoms with Gasteiger partial charge in [-0.25, -0.2) is 0 Å². The third-order valence-corrected chi connectivity index (χ3v) is 3.79. The van der Waals surface area contributed by atoms with Gasteiger partial charge in [-0.3, -0.25) is 4.79 Å². The first-order valence-corrected chi connectivity index (χ1v) is 7.81. The Morgan fingerprint density at radius 3 is 2.40 bits per heavy atom. The first-order valence-electron chi connectivity index (χ1n) is 7.81. The second-order valence-corrected chi connectivity index (χ2v) is 5.24. The Balaban J connectivity index is 1.93. The van der Waals surface area contributed by atoms with Crippen LogP contribution in [-0.4, -0.2) is 56.8 Å². The predicted molar refractivity (Wildman–Crippen MR) is 90.1 cm³/mol. The Morgan fingerprint density at radius 2 is 1.80 bits per heavy atom. The Morgan fingerprint density at radius 1 is 1.12 bits per heavy atom. The summed E-state index contributed by atoms with van der Waals surface area (Å²) < 4.78 is 21.3. The summed E-state index contributed by atoms with van der Waals surface area (Å²) in [6.45, 7) is 2.68. The summed E-state index contributed by atoms with van der Waals surface area (Å²) >= 11 is 0. The Hall–Kier alpha value is -2.87. The van der Waals surface area contributed by atoms with E-state index >= 15 is 0 Å². The summed E-state index contributed by atoms with van der Waals surface area (Å²) in [7, 11) is 2.98. The summed E-state index contributed by atoms with van der Waals surface area (Å²) in [5, 5.41) is 0. The van der Waals surface area contributed by atoms with Crippen LogP contribution in [-0.2, 0) is 4.74 Å². The molecule has 1 saturated heterocycles. The maximum absolute atomic E-state index is 11.7. The van der Waals surface area contributed by atoms with Crippen LogP contribution in [0.15, 0.2) is 24.3 Å². The molecule has 0 spiro atoms. The van der Waals surface area contributed by atoms with Crippen molar-refractivity contribution in [3.8, 4) is 23.5 Å². The van der Waals surface area contributed by atoms with E-state index in [4.69, 9.17) is 18.9 Å². The number of methoxy groups -OCH3 is 2. The van der Waals surface area contributed by atoms with Crippen molar-refractivity contribution in [2.45, 2.75) is 0 Å². The van der Waals surface area contributed by atoms with Crippen molar-refractivity contribution in [2.24, 2.45) is 0 Å². The van der Waals surface area contributed by atoms with Crippen molar-refractivity contribution in [1.82, 2.24) is 9.97 Å². The lowest BCUT2D eigenvalue weighted by molar-refractivity contribution is 0.111. The number of nitrogens with zero attached hydrogens (tertiary/aromatic N) is 3. The number of aldehydes is 1. The van der Waals surface area contributed by atoms with Crippen LogP contribution in [0.3, 0.4) is 0 Å². The van der Waals surface area contributed by atoms with Crippen LogP contribution < -0.4 is 19.1 Å². The molecular formula is C17H19N3O5. The van der Waals surface area contributed by atoms with Crippen molar-refractivity contribution in [3.05, 3.63) is 29.8 Å². The molecule has 1 aliphatic heterocycles. The molecule has 2 heterocycles. The molecule has 2 aromatic rings. The zero-order valence-corrected chi connectivity index (χ0v) is 14.1. The minimum Gasteiger partial charge on any atom is -0.481 e. The maximum atomic E-state index is 11.7. The van der Waals surface area contributed by atoms with Gasteiger partial charge in [-0.15, -0.1) is 0 Å². The van der Waals surface area contributed by atoms with E-state index in [9.17, 15) is 4.79 Å². The largest absolute Gasteiger partial charge is 0.481 e. The average molecular weight is 345 g/mol. The minimum absolute atomic E-state index is 0.0402. The van der Waals surface area contributed by atoms with E-state index in [1.54, 1.807) is 6.07 Å². The van der Waals surface area contributed by atoms with Crippen molar-refractivity contribution in [2.75, 3.05) is 45.4 Å². The smallest absolute Gasteiger partial charge is 0.328 e. The molecule has 25 heavy (non-hydrogen) atoms. The highest BCUT2D eigenvalue weighted by atomic mass is 16.5. The van der Waals surface area contributed by atoms with E-state index in [0.29, 0.717) is 49.4 Å². The molecule has 0 unspecified atom stereocenters. The lowest BCUT2D eigenvalue weighted by Gasteiger charge is -2.30. The lowest BCUT2D eigenvalue weighted by atomic mass is 10.1. The molecule has 8 nitrogen and oxygen atoms in total. The van der Waals surface area contributed by atoms with Crippen molar-refractivity contribution in [3.63, 3.8) is 0 Å². The van der Waals surface area contributed by atoms with Crippen molar-refractivity contribution < 1.29 is 23.7 Å². The van der Waals surface area contributed by atoms with Crippen LogP contribution >= 0.6 is 0 Å². The lowest BCUT2D eigenvalue weighted by Crippen LogP contribution is -2.36. The first-order chi connectivity index (χ1) is 12.2. The molecule has 0 atom stereocenters. The Labute approximate surface area is 145 Å². The summed E-state index contributed by atoms with van der Waals surface area (Å²) in [4.78, 5) is 22.0. The highest BCUT2D eigenvalue weighted by Crippen LogP contribution is 2.32. The maximum Gasteiger partial charge on any atom is 0.328 e. The third-order valence-electron chi connectivity index (χ3n) is 3.79. The van der Waals surface area contributed by atoms with Gasteiger partial charge >= 0.3 is 6.01 Å². The normalized spacial score (nSPS) is 14.1. The zero-order valence-electron chi connectivity index (χ0n) is 14.1. The highest BCUT2D eigenvalue weighted by molar-refractivity contribution is 5.88. The molecule has 3 rings (SSSR count). The van der Waals surface area contributed by atoms with Crippen LogP contribution in [0, 0.1) is 0 Å². The molecule has 0 bridgehead atoms. The topological polar surface area (TPSA) is 83.0 Å². The average Bonchev–Trinajstić information content (AvgIpc) is 2.68. The minimum atomic E-state index is 0.0402. The van der Waals surface area contributed by atoms with Gasteiger partial charge < -0.3 is 23.8 Å². The number of carbonyl (C=O) groups excluding carboxylic acids is 1. The monoisotopic (exact) mass is 345 g/mol. The molecule has 1 aliphatic rings. The zero-order chi connectivity index (χ0) is 17.6. The number of carbonyl (C=O) groups is 1. The van der Waals surface area contributed by atoms with Gasteiger partial charge in [0, 0.05) is 13.1 Å². The van der Waals surface area contributed by atoms with Crippen molar-refractivity contribution in [1.29, 1.82) is 0 Å². The van der Waals surface area contributed by atoms with E-state index in [2.05, 4.69) is 14.9 Å². The van der Waals surface area contributed by atoms with Gasteiger partial charge in [0.25, 0.3) is 0 Å². The van der Waals surface area contributed by atoms with Gasteiger partial charge in [0.1, 0.15) is 5.75 Å². The fraction of sp³-hybridized carbons (Fsp3) is 0.353. The number of hydrogen-bond donors (Lipinski definition) is 0. The molecule has 0 radical (unpaired) electrons. The van der Waals surface area contributed by atoms with Gasteiger partial charge in [-0.1, -0.05) is 6.07 Å². The summed E-state index contributed by atoms with van der Waals surface area (Å²) in [6.07, 6.45) is 0.775. The number of anilines is 1. The molecule has 1 aromatic carbocycles. The first kappa shape index (κ1) is 17.0. The van der Waals surface area contributed by atoms with Crippen LogP contribution in [0.2, 0.25) is 0 Å². The standard InChI is InChI=1S/C17H19N3O5/c1-22-15-10-16(23-2)19-17(18-15)25-14-5-3-4-13(12(14)11-21)20-6-8-24-9-7-20/h3-5,10-11H,6-9H2,1-2H3. The van der Waals surface area contributed by atoms with Crippen LogP contribution in [0.1, 0.15) is 10.4 Å². The summed E-state index contributed by atoms with van der Waals surface area (Å²) in [5.74, 6) is 0.979. The third kappa shape index (κ3) is 3.80. The second-order valence-electron chi connectivity index (χ2n) is 5.24. The molecule has 0 amide bonds. The van der Waals surface area contributed by atoms with E-state index < -0.39 is 0 Å². The summed E-state index contributed by atoms with van der Waals surface area (Å²) in [5.41, 5.74) is 1.24. The summed E-state index contributed by atoms with van der Waals surface area (Å²) in [6, 6.07) is 6.98. The number of rotatable bonds is 6. The number of morpholine rings is 1. The van der Waals surface area contributed by atoms with Crippen LogP contribution in [0.25, 0.3) is 0 Å². The number of benzene rings is 1. The van der Waals surface area contributed by atoms with Gasteiger partial charge in [-0.05, 0) is 12.1 Å². The van der Waals surface area contributed by atoms with E-state index in [1.807, 2.05) is 12.1 Å². The molecule has 1 fully saturated rings. The molecule has 8 heteroatoms. The quantitative estimate of drug-likeness (QED) is 0.735. The van der Waals surface area contributed by atoms with E-state index in [1.165, 1.54) is 20.3 Å². The highest BCUT2D eigenvalue weighted by Gasteiger charge is 2.19. The predicted octanol–water partition coefficient (Wildman–Crippen LogP) is 1.94. The number of aromatic nitrogens is 2.